The van der Waals surface area contributed by atoms with E-state index in [0.717, 1.165) is 17.9 Å². The topological polar surface area (TPSA) is 31.1 Å². The average Bonchev–Trinajstić information content (AvgIpc) is 2.83. The van der Waals surface area contributed by atoms with Gasteiger partial charge in [0.25, 0.3) is 0 Å². The molecule has 3 nitrogen and oxygen atoms in total. The Hall–Kier alpha value is -1.81. The Labute approximate surface area is 106 Å². The van der Waals surface area contributed by atoms with Crippen molar-refractivity contribution in [2.24, 2.45) is 0 Å². The van der Waals surface area contributed by atoms with Gasteiger partial charge in [-0.15, -0.1) is 0 Å². The summed E-state index contributed by atoms with van der Waals surface area (Å²) in [5.41, 5.74) is 2.15. The van der Waals surface area contributed by atoms with Crippen LogP contribution in [0.5, 0.6) is 0 Å². The first-order valence-electron chi connectivity index (χ1n) is 5.45. The first-order valence-corrected chi connectivity index (χ1v) is 5.86. The van der Waals surface area contributed by atoms with Crippen molar-refractivity contribution >= 4 is 23.0 Å². The summed E-state index contributed by atoms with van der Waals surface area (Å²) in [6, 6.07) is 14.0. The Morgan fingerprint density at radius 2 is 2.00 bits per heavy atom. The molecule has 2 N–H and O–H groups in total. The summed E-state index contributed by atoms with van der Waals surface area (Å²) in [4.78, 5) is 5.15. The summed E-state index contributed by atoms with van der Waals surface area (Å²) >= 11 is 5.33. The van der Waals surface area contributed by atoms with E-state index >= 15 is 0 Å². The molecule has 0 radical (unpaired) electrons. The molecule has 0 atom stereocenters. The molecule has 0 aliphatic carbocycles. The van der Waals surface area contributed by atoms with Gasteiger partial charge in [0.2, 0.25) is 0 Å². The van der Waals surface area contributed by atoms with Crippen LogP contribution in [0.25, 0.3) is 0 Å². The van der Waals surface area contributed by atoms with Gasteiger partial charge in [-0.1, -0.05) is 18.2 Å². The summed E-state index contributed by atoms with van der Waals surface area (Å²) in [7, 11) is 1.97. The van der Waals surface area contributed by atoms with E-state index in [2.05, 4.69) is 10.3 Å². The first kappa shape index (κ1) is 11.7. The molecule has 0 unspecified atom stereocenters. The molecule has 1 aromatic heterocycles. The monoisotopic (exact) mass is 245 g/mol. The molecule has 2 aromatic rings. The van der Waals surface area contributed by atoms with Crippen LogP contribution in [0.3, 0.4) is 0 Å². The van der Waals surface area contributed by atoms with Crippen LogP contribution in [0.2, 0.25) is 0 Å². The second-order valence-corrected chi connectivity index (χ2v) is 4.23. The molecule has 1 aromatic carbocycles. The van der Waals surface area contributed by atoms with Gasteiger partial charge in [0.05, 0.1) is 6.54 Å². The summed E-state index contributed by atoms with van der Waals surface area (Å²) in [5, 5.41) is 3.91. The number of hydrogen-bond acceptors (Lipinski definition) is 1. The van der Waals surface area contributed by atoms with Crippen LogP contribution in [0, 0.1) is 0 Å². The maximum absolute atomic E-state index is 5.33. The van der Waals surface area contributed by atoms with Crippen LogP contribution < -0.4 is 5.32 Å². The molecule has 0 aliphatic heterocycles. The highest BCUT2D eigenvalue weighted by molar-refractivity contribution is 7.80. The van der Waals surface area contributed by atoms with Crippen LogP contribution in [0.1, 0.15) is 5.69 Å². The largest absolute Gasteiger partial charge is 0.364 e. The fraction of sp³-hybridized carbons (Fsp3) is 0.154. The van der Waals surface area contributed by atoms with Crippen LogP contribution in [-0.2, 0) is 6.54 Å². The lowest BCUT2D eigenvalue weighted by Gasteiger charge is -2.20. The smallest absolute Gasteiger partial charge is 0.173 e. The molecule has 2 rings (SSSR count). The third kappa shape index (κ3) is 3.32. The highest BCUT2D eigenvalue weighted by Gasteiger charge is 2.05. The first-order chi connectivity index (χ1) is 8.25. The van der Waals surface area contributed by atoms with E-state index in [4.69, 9.17) is 12.2 Å². The van der Waals surface area contributed by atoms with Crippen molar-refractivity contribution in [3.8, 4) is 0 Å². The molecule has 4 heteroatoms. The highest BCUT2D eigenvalue weighted by atomic mass is 32.1. The minimum absolute atomic E-state index is 0.714. The Kier molecular flexibility index (Phi) is 3.77. The van der Waals surface area contributed by atoms with Gasteiger partial charge in [0.15, 0.2) is 5.11 Å². The van der Waals surface area contributed by atoms with E-state index in [0.29, 0.717) is 5.11 Å². The minimum atomic E-state index is 0.714. The van der Waals surface area contributed by atoms with E-state index in [1.165, 1.54) is 0 Å². The second-order valence-electron chi connectivity index (χ2n) is 3.85. The third-order valence-electron chi connectivity index (χ3n) is 2.44. The van der Waals surface area contributed by atoms with Crippen LogP contribution >= 0.6 is 12.2 Å². The van der Waals surface area contributed by atoms with Crippen LogP contribution in [0.15, 0.2) is 48.7 Å². The van der Waals surface area contributed by atoms with Crippen LogP contribution in [0.4, 0.5) is 5.69 Å². The van der Waals surface area contributed by atoms with Crippen molar-refractivity contribution in [1.82, 2.24) is 9.88 Å². The number of benzene rings is 1. The number of para-hydroxylation sites is 1. The number of thiocarbonyl (C=S) groups is 1. The zero-order valence-corrected chi connectivity index (χ0v) is 10.5. The Balaban J connectivity index is 1.92. The fourth-order valence-corrected chi connectivity index (χ4v) is 1.72. The molecule has 0 saturated carbocycles. The molecule has 17 heavy (non-hydrogen) atoms. The molecule has 0 fully saturated rings. The normalized spacial score (nSPS) is 9.94. The Morgan fingerprint density at radius 3 is 2.65 bits per heavy atom. The van der Waals surface area contributed by atoms with Gasteiger partial charge in [-0.3, -0.25) is 0 Å². The Morgan fingerprint density at radius 1 is 1.24 bits per heavy atom. The minimum Gasteiger partial charge on any atom is -0.364 e. The summed E-state index contributed by atoms with van der Waals surface area (Å²) in [6.07, 6.45) is 1.91. The van der Waals surface area contributed by atoms with Crippen molar-refractivity contribution < 1.29 is 0 Å². The van der Waals surface area contributed by atoms with Crippen molar-refractivity contribution in [2.45, 2.75) is 6.54 Å². The number of anilines is 1. The molecule has 0 amide bonds. The zero-order valence-electron chi connectivity index (χ0n) is 9.68. The van der Waals surface area contributed by atoms with E-state index in [1.54, 1.807) is 0 Å². The molecule has 0 aliphatic rings. The number of nitrogens with one attached hydrogen (secondary N) is 2. The van der Waals surface area contributed by atoms with Gasteiger partial charge < -0.3 is 15.2 Å². The van der Waals surface area contributed by atoms with Crippen molar-refractivity contribution in [2.75, 3.05) is 12.4 Å². The summed E-state index contributed by atoms with van der Waals surface area (Å²) < 4.78 is 0. The lowest BCUT2D eigenvalue weighted by molar-refractivity contribution is 0.501. The molecule has 88 valence electrons. The number of hydrogen-bond donors (Lipinski definition) is 2. The van der Waals surface area contributed by atoms with Crippen molar-refractivity contribution in [3.05, 3.63) is 54.4 Å². The van der Waals surface area contributed by atoms with Crippen molar-refractivity contribution in [1.29, 1.82) is 0 Å². The number of aromatic nitrogens is 1. The molecular formula is C13H15N3S. The second kappa shape index (κ2) is 5.50. The van der Waals surface area contributed by atoms with Gasteiger partial charge in [-0.05, 0) is 36.5 Å². The molecule has 0 spiro atoms. The molecule has 1 heterocycles. The quantitative estimate of drug-likeness (QED) is 0.815. The standard InChI is InChI=1S/C13H15N3S/c1-16(10-12-8-5-9-14-12)13(17)15-11-6-3-2-4-7-11/h2-9,14H,10H2,1H3,(H,15,17). The summed E-state index contributed by atoms with van der Waals surface area (Å²) in [6.45, 7) is 0.770. The highest BCUT2D eigenvalue weighted by Crippen LogP contribution is 2.07. The van der Waals surface area contributed by atoms with E-state index in [-0.39, 0.29) is 0 Å². The predicted octanol–water partition coefficient (Wildman–Crippen LogP) is 2.84. The predicted molar refractivity (Wildman–Crippen MR) is 74.9 cm³/mol. The van der Waals surface area contributed by atoms with E-state index in [1.807, 2.05) is 60.6 Å². The van der Waals surface area contributed by atoms with Gasteiger partial charge in [0.1, 0.15) is 0 Å². The third-order valence-corrected chi connectivity index (χ3v) is 2.86. The van der Waals surface area contributed by atoms with Gasteiger partial charge in [-0.2, -0.15) is 0 Å². The average molecular weight is 245 g/mol. The lowest BCUT2D eigenvalue weighted by atomic mass is 10.3. The number of H-pyrrole nitrogens is 1. The maximum atomic E-state index is 5.33. The van der Waals surface area contributed by atoms with Gasteiger partial charge >= 0.3 is 0 Å². The van der Waals surface area contributed by atoms with E-state index < -0.39 is 0 Å². The van der Waals surface area contributed by atoms with Crippen molar-refractivity contribution in [3.63, 3.8) is 0 Å². The SMILES string of the molecule is CN(Cc1ccc[nH]1)C(=S)Nc1ccccc1. The molecular weight excluding hydrogens is 230 g/mol. The molecule has 0 bridgehead atoms. The number of rotatable bonds is 3. The molecule has 0 saturated heterocycles. The van der Waals surface area contributed by atoms with Gasteiger partial charge in [0, 0.05) is 24.6 Å². The van der Waals surface area contributed by atoms with Gasteiger partial charge in [-0.25, -0.2) is 0 Å². The van der Waals surface area contributed by atoms with E-state index in [9.17, 15) is 0 Å². The maximum Gasteiger partial charge on any atom is 0.173 e. The summed E-state index contributed by atoms with van der Waals surface area (Å²) in [5.74, 6) is 0. The fourth-order valence-electron chi connectivity index (χ4n) is 1.53. The van der Waals surface area contributed by atoms with Crippen LogP contribution in [-0.4, -0.2) is 22.0 Å². The Bertz CT molecular complexity index is 465. The lowest BCUT2D eigenvalue weighted by Crippen LogP contribution is -2.30. The number of aromatic amines is 1. The zero-order chi connectivity index (χ0) is 12.1. The number of nitrogens with zero attached hydrogens (tertiary/aromatic N) is 1.